The summed E-state index contributed by atoms with van der Waals surface area (Å²) in [5.74, 6) is -1.43. The predicted molar refractivity (Wildman–Crippen MR) is 76.1 cm³/mol. The molecule has 0 radical (unpaired) electrons. The number of ketones is 1. The molecule has 0 saturated carbocycles. The number of amides is 1. The van der Waals surface area contributed by atoms with Gasteiger partial charge in [0.15, 0.2) is 17.1 Å². The lowest BCUT2D eigenvalue weighted by Crippen LogP contribution is -2.55. The molecule has 0 fully saturated rings. The summed E-state index contributed by atoms with van der Waals surface area (Å²) in [6.45, 7) is 2.79. The van der Waals surface area contributed by atoms with Crippen LogP contribution in [0.2, 0.25) is 0 Å². The van der Waals surface area contributed by atoms with Crippen molar-refractivity contribution in [2.75, 3.05) is 13.7 Å². The molecular weight excluding hydrogens is 290 g/mol. The smallest absolute Gasteiger partial charge is 0.331 e. The molecule has 1 unspecified atom stereocenters. The van der Waals surface area contributed by atoms with Gasteiger partial charge in [-0.3, -0.25) is 9.59 Å². The monoisotopic (exact) mass is 309 g/mol. The zero-order valence-corrected chi connectivity index (χ0v) is 12.8. The Kier molecular flexibility index (Phi) is 4.37. The number of ether oxygens (including phenoxy) is 1. The largest absolute Gasteiger partial charge is 0.479 e. The normalized spacial score (nSPS) is 16.8. The fraction of sp³-hybridized carbons (Fsp3) is 0.533. The van der Waals surface area contributed by atoms with Gasteiger partial charge in [-0.25, -0.2) is 4.79 Å². The van der Waals surface area contributed by atoms with E-state index in [1.807, 2.05) is 0 Å². The number of fused-ring (bicyclic) bond motifs is 1. The molecule has 1 aromatic rings. The van der Waals surface area contributed by atoms with Gasteiger partial charge in [0.05, 0.1) is 12.2 Å². The van der Waals surface area contributed by atoms with Crippen molar-refractivity contribution in [2.45, 2.75) is 38.6 Å². The van der Waals surface area contributed by atoms with Gasteiger partial charge in [-0.05, 0) is 20.3 Å². The van der Waals surface area contributed by atoms with Crippen molar-refractivity contribution in [1.29, 1.82) is 0 Å². The highest BCUT2D eigenvalue weighted by Crippen LogP contribution is 2.29. The van der Waals surface area contributed by atoms with Crippen LogP contribution in [0, 0.1) is 6.92 Å². The van der Waals surface area contributed by atoms with E-state index < -0.39 is 17.4 Å². The van der Waals surface area contributed by atoms with Crippen LogP contribution >= 0.6 is 0 Å². The van der Waals surface area contributed by atoms with E-state index in [4.69, 9.17) is 9.15 Å². The minimum absolute atomic E-state index is 0.0103. The number of carboxylic acid groups (broad SMARTS) is 1. The first kappa shape index (κ1) is 16.2. The molecule has 0 spiro atoms. The number of hydrogen-bond donors (Lipinski definition) is 2. The van der Waals surface area contributed by atoms with Crippen molar-refractivity contribution < 1.29 is 28.6 Å². The first-order chi connectivity index (χ1) is 10.3. The highest BCUT2D eigenvalue weighted by molar-refractivity contribution is 6.04. The average Bonchev–Trinajstić information content (AvgIpc) is 2.77. The summed E-state index contributed by atoms with van der Waals surface area (Å²) in [6, 6.07) is 0. The highest BCUT2D eigenvalue weighted by Gasteiger charge is 2.37. The van der Waals surface area contributed by atoms with Crippen LogP contribution in [0.5, 0.6) is 0 Å². The molecule has 7 heteroatoms. The van der Waals surface area contributed by atoms with Crippen molar-refractivity contribution >= 4 is 17.7 Å². The molecule has 0 aliphatic heterocycles. The van der Waals surface area contributed by atoms with Crippen LogP contribution in [0.1, 0.15) is 52.0 Å². The fourth-order valence-electron chi connectivity index (χ4n) is 2.61. The molecule has 1 aliphatic carbocycles. The second-order valence-electron chi connectivity index (χ2n) is 5.66. The molecule has 1 heterocycles. The average molecular weight is 309 g/mol. The Bertz CT molecular complexity index is 632. The summed E-state index contributed by atoms with van der Waals surface area (Å²) in [6.07, 6.45) is 1.73. The second-order valence-corrected chi connectivity index (χ2v) is 5.66. The van der Waals surface area contributed by atoms with Gasteiger partial charge in [0, 0.05) is 25.5 Å². The van der Waals surface area contributed by atoms with Gasteiger partial charge in [0.2, 0.25) is 0 Å². The third-order valence-electron chi connectivity index (χ3n) is 3.81. The molecule has 120 valence electrons. The number of hydrogen-bond acceptors (Lipinski definition) is 5. The minimum Gasteiger partial charge on any atom is -0.479 e. The number of carboxylic acids is 1. The van der Waals surface area contributed by atoms with Crippen LogP contribution in [0.25, 0.3) is 0 Å². The zero-order valence-electron chi connectivity index (χ0n) is 12.8. The SMILES string of the molecule is COCC(C)(NC(=O)c1oc2c(c1C)C(=O)CCC2)C(=O)O. The topological polar surface area (TPSA) is 106 Å². The summed E-state index contributed by atoms with van der Waals surface area (Å²) >= 11 is 0. The second kappa shape index (κ2) is 5.92. The van der Waals surface area contributed by atoms with E-state index in [0.717, 1.165) is 0 Å². The van der Waals surface area contributed by atoms with E-state index in [2.05, 4.69) is 5.32 Å². The molecule has 7 nitrogen and oxygen atoms in total. The van der Waals surface area contributed by atoms with Crippen LogP contribution < -0.4 is 5.32 Å². The highest BCUT2D eigenvalue weighted by atomic mass is 16.5. The lowest BCUT2D eigenvalue weighted by Gasteiger charge is -2.24. The van der Waals surface area contributed by atoms with Crippen LogP contribution in [-0.2, 0) is 16.0 Å². The quantitative estimate of drug-likeness (QED) is 0.850. The molecule has 22 heavy (non-hydrogen) atoms. The molecule has 1 aliphatic rings. The Morgan fingerprint density at radius 2 is 2.09 bits per heavy atom. The van der Waals surface area contributed by atoms with Gasteiger partial charge < -0.3 is 19.6 Å². The van der Waals surface area contributed by atoms with Gasteiger partial charge in [-0.1, -0.05) is 0 Å². The van der Waals surface area contributed by atoms with Gasteiger partial charge in [0.1, 0.15) is 5.76 Å². The van der Waals surface area contributed by atoms with Crippen LogP contribution in [0.3, 0.4) is 0 Å². The van der Waals surface area contributed by atoms with E-state index in [1.54, 1.807) is 6.92 Å². The molecular formula is C15H19NO6. The third-order valence-corrected chi connectivity index (χ3v) is 3.81. The van der Waals surface area contributed by atoms with E-state index in [0.29, 0.717) is 36.1 Å². The number of rotatable bonds is 5. The zero-order chi connectivity index (χ0) is 16.5. The Labute approximate surface area is 127 Å². The third kappa shape index (κ3) is 2.76. The van der Waals surface area contributed by atoms with Crippen LogP contribution in [-0.4, -0.2) is 42.0 Å². The van der Waals surface area contributed by atoms with Gasteiger partial charge in [-0.2, -0.15) is 0 Å². The fourth-order valence-corrected chi connectivity index (χ4v) is 2.61. The Balaban J connectivity index is 2.31. The van der Waals surface area contributed by atoms with Crippen LogP contribution in [0.4, 0.5) is 0 Å². The number of carbonyl (C=O) groups is 3. The number of aliphatic carboxylic acids is 1. The molecule has 1 atom stereocenters. The Morgan fingerprint density at radius 1 is 1.41 bits per heavy atom. The van der Waals surface area contributed by atoms with Gasteiger partial charge in [-0.15, -0.1) is 0 Å². The van der Waals surface area contributed by atoms with Crippen LogP contribution in [0.15, 0.2) is 4.42 Å². The molecule has 2 N–H and O–H groups in total. The molecule has 0 saturated heterocycles. The number of methoxy groups -OCH3 is 1. The van der Waals surface area contributed by atoms with Crippen molar-refractivity contribution in [1.82, 2.24) is 5.32 Å². The lowest BCUT2D eigenvalue weighted by molar-refractivity contribution is -0.145. The van der Waals surface area contributed by atoms with Crippen molar-refractivity contribution in [3.05, 3.63) is 22.6 Å². The number of nitrogens with one attached hydrogen (secondary N) is 1. The predicted octanol–water partition coefficient (Wildman–Crippen LogP) is 1.33. The number of carbonyl (C=O) groups excluding carboxylic acids is 2. The van der Waals surface area contributed by atoms with E-state index in [-0.39, 0.29) is 18.2 Å². The summed E-state index contributed by atoms with van der Waals surface area (Å²) in [5, 5.41) is 11.7. The standard InChI is InChI=1S/C15H19NO6/c1-8-11-9(17)5-4-6-10(11)22-12(8)13(18)16-15(2,7-21-3)14(19)20/h4-7H2,1-3H3,(H,16,18)(H,19,20). The summed E-state index contributed by atoms with van der Waals surface area (Å²) in [7, 11) is 1.35. The first-order valence-electron chi connectivity index (χ1n) is 7.00. The van der Waals surface area contributed by atoms with Crippen molar-refractivity contribution in [3.8, 4) is 0 Å². The van der Waals surface area contributed by atoms with Gasteiger partial charge >= 0.3 is 5.97 Å². The van der Waals surface area contributed by atoms with Crippen molar-refractivity contribution in [2.24, 2.45) is 0 Å². The molecule has 1 aromatic heterocycles. The van der Waals surface area contributed by atoms with E-state index in [9.17, 15) is 19.5 Å². The van der Waals surface area contributed by atoms with E-state index in [1.165, 1.54) is 14.0 Å². The Morgan fingerprint density at radius 3 is 2.64 bits per heavy atom. The molecule has 2 rings (SSSR count). The number of Topliss-reactive ketones (excluding diaryl/α,β-unsaturated/α-hetero) is 1. The maximum Gasteiger partial charge on any atom is 0.331 e. The number of furan rings is 1. The maximum atomic E-state index is 12.3. The molecule has 0 aromatic carbocycles. The lowest BCUT2D eigenvalue weighted by atomic mass is 9.94. The number of aryl methyl sites for hydroxylation is 1. The van der Waals surface area contributed by atoms with Crippen molar-refractivity contribution in [3.63, 3.8) is 0 Å². The van der Waals surface area contributed by atoms with Gasteiger partial charge in [0.25, 0.3) is 5.91 Å². The Hall–Kier alpha value is -2.15. The first-order valence-corrected chi connectivity index (χ1v) is 7.00. The van der Waals surface area contributed by atoms with E-state index >= 15 is 0 Å². The summed E-state index contributed by atoms with van der Waals surface area (Å²) < 4.78 is 10.4. The molecule has 1 amide bonds. The maximum absolute atomic E-state index is 12.3. The minimum atomic E-state index is -1.57. The summed E-state index contributed by atoms with van der Waals surface area (Å²) in [5.41, 5.74) is -0.655. The summed E-state index contributed by atoms with van der Waals surface area (Å²) in [4.78, 5) is 35.6. The molecule has 0 bridgehead atoms.